The zero-order chi connectivity index (χ0) is 9.26. The lowest BCUT2D eigenvalue weighted by Gasteiger charge is -2.06. The Balaban J connectivity index is 2.22. The topological polar surface area (TPSA) is 32.8 Å². The van der Waals surface area contributed by atoms with Crippen LogP contribution in [0.5, 0.6) is 5.75 Å². The van der Waals surface area contributed by atoms with Crippen LogP contribution in [0.15, 0.2) is 18.2 Å². The summed E-state index contributed by atoms with van der Waals surface area (Å²) in [6.07, 6.45) is 2.07. The van der Waals surface area contributed by atoms with Crippen molar-refractivity contribution < 1.29 is 9.84 Å². The van der Waals surface area contributed by atoms with E-state index in [-0.39, 0.29) is 0 Å². The highest BCUT2D eigenvalue weighted by Gasteiger charge is 2.24. The van der Waals surface area contributed by atoms with Crippen LogP contribution in [0.3, 0.4) is 0 Å². The highest BCUT2D eigenvalue weighted by atomic mass is 16.6. The van der Waals surface area contributed by atoms with Crippen LogP contribution in [0.25, 0.3) is 0 Å². The number of phenolic OH excluding ortho intramolecular Hbond substituents is 1. The first-order valence-electron chi connectivity index (χ1n) is 4.72. The molecule has 1 N–H and O–H groups in total. The monoisotopic (exact) mass is 178 g/mol. The lowest BCUT2D eigenvalue weighted by Crippen LogP contribution is -1.95. The summed E-state index contributed by atoms with van der Waals surface area (Å²) in [6.45, 7) is 2.89. The van der Waals surface area contributed by atoms with Gasteiger partial charge in [-0.25, -0.2) is 0 Å². The highest BCUT2D eigenvalue weighted by molar-refractivity contribution is 5.40. The van der Waals surface area contributed by atoms with Gasteiger partial charge in [0, 0.05) is 6.42 Å². The molecule has 0 amide bonds. The average Bonchev–Trinajstić information content (AvgIpc) is 2.92. The SMILES string of the molecule is CCc1cccc(CC2CO2)c1O. The summed E-state index contributed by atoms with van der Waals surface area (Å²) in [4.78, 5) is 0. The molecule has 1 aromatic rings. The molecule has 0 saturated carbocycles. The molecule has 2 rings (SSSR count). The largest absolute Gasteiger partial charge is 0.507 e. The summed E-state index contributed by atoms with van der Waals surface area (Å²) in [5.74, 6) is 0.459. The van der Waals surface area contributed by atoms with Crippen molar-refractivity contribution in [2.45, 2.75) is 25.9 Å². The molecule has 1 aliphatic rings. The number of phenols is 1. The van der Waals surface area contributed by atoms with Gasteiger partial charge in [-0.2, -0.15) is 0 Å². The minimum Gasteiger partial charge on any atom is -0.507 e. The zero-order valence-corrected chi connectivity index (χ0v) is 7.79. The van der Waals surface area contributed by atoms with E-state index in [9.17, 15) is 5.11 Å². The molecular weight excluding hydrogens is 164 g/mol. The van der Waals surface area contributed by atoms with Crippen LogP contribution in [0.4, 0.5) is 0 Å². The summed E-state index contributed by atoms with van der Waals surface area (Å²) in [6, 6.07) is 5.93. The van der Waals surface area contributed by atoms with Crippen molar-refractivity contribution in [1.82, 2.24) is 0 Å². The van der Waals surface area contributed by atoms with E-state index in [1.54, 1.807) is 0 Å². The Labute approximate surface area is 78.2 Å². The van der Waals surface area contributed by atoms with Gasteiger partial charge in [0.15, 0.2) is 0 Å². The smallest absolute Gasteiger partial charge is 0.122 e. The van der Waals surface area contributed by atoms with Gasteiger partial charge in [-0.1, -0.05) is 25.1 Å². The van der Waals surface area contributed by atoms with Gasteiger partial charge >= 0.3 is 0 Å². The second-order valence-corrected chi connectivity index (χ2v) is 3.44. The molecule has 1 aromatic carbocycles. The highest BCUT2D eigenvalue weighted by Crippen LogP contribution is 2.27. The van der Waals surface area contributed by atoms with Gasteiger partial charge in [0.1, 0.15) is 5.75 Å². The lowest BCUT2D eigenvalue weighted by atomic mass is 10.0. The normalized spacial score (nSPS) is 20.2. The van der Waals surface area contributed by atoms with E-state index in [0.717, 1.165) is 30.6 Å². The number of hydrogen-bond donors (Lipinski definition) is 1. The van der Waals surface area contributed by atoms with E-state index < -0.39 is 0 Å². The standard InChI is InChI=1S/C11H14O2/c1-2-8-4-3-5-9(11(8)12)6-10-7-13-10/h3-5,10,12H,2,6-7H2,1H3. The predicted octanol–water partition coefficient (Wildman–Crippen LogP) is 1.90. The third-order valence-corrected chi connectivity index (χ3v) is 2.43. The van der Waals surface area contributed by atoms with Crippen molar-refractivity contribution in [3.63, 3.8) is 0 Å². The summed E-state index contributed by atoms with van der Waals surface area (Å²) in [5.41, 5.74) is 2.04. The van der Waals surface area contributed by atoms with E-state index >= 15 is 0 Å². The number of aromatic hydroxyl groups is 1. The molecule has 0 bridgehead atoms. The molecule has 1 aliphatic heterocycles. The predicted molar refractivity (Wildman–Crippen MR) is 50.9 cm³/mol. The second kappa shape index (κ2) is 3.38. The van der Waals surface area contributed by atoms with Gasteiger partial charge in [-0.15, -0.1) is 0 Å². The van der Waals surface area contributed by atoms with Crippen molar-refractivity contribution in [2.75, 3.05) is 6.61 Å². The Morgan fingerprint density at radius 2 is 2.15 bits per heavy atom. The van der Waals surface area contributed by atoms with Gasteiger partial charge in [-0.3, -0.25) is 0 Å². The Bertz CT molecular complexity index is 303. The molecule has 0 aliphatic carbocycles. The van der Waals surface area contributed by atoms with Crippen LogP contribution < -0.4 is 0 Å². The molecule has 0 spiro atoms. The second-order valence-electron chi connectivity index (χ2n) is 3.44. The fourth-order valence-electron chi connectivity index (χ4n) is 1.53. The van der Waals surface area contributed by atoms with Gasteiger partial charge in [0.25, 0.3) is 0 Å². The molecule has 70 valence electrons. The van der Waals surface area contributed by atoms with Gasteiger partial charge in [0.05, 0.1) is 12.7 Å². The maximum absolute atomic E-state index is 9.81. The van der Waals surface area contributed by atoms with E-state index in [1.807, 2.05) is 25.1 Å². The number of para-hydroxylation sites is 1. The number of rotatable bonds is 3. The molecule has 0 aromatic heterocycles. The molecule has 2 heteroatoms. The first-order valence-corrected chi connectivity index (χ1v) is 4.72. The van der Waals surface area contributed by atoms with Crippen molar-refractivity contribution in [3.8, 4) is 5.75 Å². The van der Waals surface area contributed by atoms with Crippen LogP contribution in [0.1, 0.15) is 18.1 Å². The Morgan fingerprint density at radius 1 is 1.46 bits per heavy atom. The van der Waals surface area contributed by atoms with Crippen LogP contribution in [-0.2, 0) is 17.6 Å². The molecule has 1 saturated heterocycles. The third kappa shape index (κ3) is 1.83. The van der Waals surface area contributed by atoms with Gasteiger partial charge < -0.3 is 9.84 Å². The Morgan fingerprint density at radius 3 is 2.77 bits per heavy atom. The summed E-state index contributed by atoms with van der Waals surface area (Å²) >= 11 is 0. The average molecular weight is 178 g/mol. The lowest BCUT2D eigenvalue weighted by molar-refractivity contribution is 0.401. The van der Waals surface area contributed by atoms with Crippen molar-refractivity contribution in [1.29, 1.82) is 0 Å². The first kappa shape index (κ1) is 8.57. The molecule has 2 nitrogen and oxygen atoms in total. The molecule has 13 heavy (non-hydrogen) atoms. The molecule has 1 heterocycles. The van der Waals surface area contributed by atoms with E-state index in [2.05, 4.69) is 0 Å². The zero-order valence-electron chi connectivity index (χ0n) is 7.79. The van der Waals surface area contributed by atoms with E-state index in [0.29, 0.717) is 11.9 Å². The molecule has 0 radical (unpaired) electrons. The minimum atomic E-state index is 0.345. The van der Waals surface area contributed by atoms with Crippen LogP contribution in [0, 0.1) is 0 Å². The quantitative estimate of drug-likeness (QED) is 0.717. The Kier molecular flexibility index (Phi) is 2.23. The minimum absolute atomic E-state index is 0.345. The maximum Gasteiger partial charge on any atom is 0.122 e. The Hall–Kier alpha value is -1.02. The van der Waals surface area contributed by atoms with Gasteiger partial charge in [0.2, 0.25) is 0 Å². The van der Waals surface area contributed by atoms with E-state index in [1.165, 1.54) is 0 Å². The molecule has 1 atom stereocenters. The van der Waals surface area contributed by atoms with Crippen molar-refractivity contribution >= 4 is 0 Å². The molecule has 1 fully saturated rings. The summed E-state index contributed by atoms with van der Waals surface area (Å²) in [5, 5.41) is 9.81. The summed E-state index contributed by atoms with van der Waals surface area (Å²) in [7, 11) is 0. The van der Waals surface area contributed by atoms with Crippen molar-refractivity contribution in [3.05, 3.63) is 29.3 Å². The van der Waals surface area contributed by atoms with E-state index in [4.69, 9.17) is 4.74 Å². The number of benzene rings is 1. The number of ether oxygens (including phenoxy) is 1. The van der Waals surface area contributed by atoms with Crippen LogP contribution in [-0.4, -0.2) is 17.8 Å². The number of epoxide rings is 1. The fourth-order valence-corrected chi connectivity index (χ4v) is 1.53. The maximum atomic E-state index is 9.81. The van der Waals surface area contributed by atoms with Gasteiger partial charge in [-0.05, 0) is 17.5 Å². The first-order chi connectivity index (χ1) is 6.31. The number of aryl methyl sites for hydroxylation is 1. The number of hydrogen-bond acceptors (Lipinski definition) is 2. The third-order valence-electron chi connectivity index (χ3n) is 2.43. The fraction of sp³-hybridized carbons (Fsp3) is 0.455. The van der Waals surface area contributed by atoms with Crippen LogP contribution in [0.2, 0.25) is 0 Å². The van der Waals surface area contributed by atoms with Crippen LogP contribution >= 0.6 is 0 Å². The molecule has 1 unspecified atom stereocenters. The summed E-state index contributed by atoms with van der Waals surface area (Å²) < 4.78 is 5.13. The van der Waals surface area contributed by atoms with Crippen molar-refractivity contribution in [2.24, 2.45) is 0 Å². The molecular formula is C11H14O2.